The Balaban J connectivity index is 1.51. The topological polar surface area (TPSA) is 52.8 Å². The van der Waals surface area contributed by atoms with E-state index in [1.165, 1.54) is 22.3 Å². The van der Waals surface area contributed by atoms with Crippen LogP contribution in [0, 0.1) is 12.8 Å². The van der Waals surface area contributed by atoms with Crippen LogP contribution in [-0.2, 0) is 12.8 Å². The van der Waals surface area contributed by atoms with E-state index in [4.69, 9.17) is 4.74 Å². The van der Waals surface area contributed by atoms with Gasteiger partial charge < -0.3 is 4.74 Å². The van der Waals surface area contributed by atoms with Gasteiger partial charge >= 0.3 is 0 Å². The molecule has 0 radical (unpaired) electrons. The van der Waals surface area contributed by atoms with Crippen molar-refractivity contribution in [2.24, 2.45) is 5.92 Å². The van der Waals surface area contributed by atoms with Gasteiger partial charge in [-0.05, 0) is 75.7 Å². The van der Waals surface area contributed by atoms with E-state index in [2.05, 4.69) is 84.8 Å². The Labute approximate surface area is 183 Å². The van der Waals surface area contributed by atoms with Gasteiger partial charge in [-0.25, -0.2) is 4.68 Å². The van der Waals surface area contributed by atoms with Crippen molar-refractivity contribution in [3.05, 3.63) is 89.7 Å². The fourth-order valence-corrected chi connectivity index (χ4v) is 3.90. The van der Waals surface area contributed by atoms with Gasteiger partial charge in [0.1, 0.15) is 12.1 Å². The third kappa shape index (κ3) is 5.18. The van der Waals surface area contributed by atoms with Gasteiger partial charge in [0, 0.05) is 6.42 Å². The fraction of sp³-hybridized carbons (Fsp3) is 0.269. The smallest absolute Gasteiger partial charge is 0.143 e. The van der Waals surface area contributed by atoms with Crippen LogP contribution in [-0.4, -0.2) is 26.8 Å². The number of hydrogen-bond donors (Lipinski definition) is 0. The summed E-state index contributed by atoms with van der Waals surface area (Å²) < 4.78 is 7.87. The normalized spacial score (nSPS) is 11.1. The molecule has 0 N–H and O–H groups in total. The maximum absolute atomic E-state index is 6.19. The summed E-state index contributed by atoms with van der Waals surface area (Å²) in [6.07, 6.45) is 3.44. The Morgan fingerprint density at radius 1 is 0.935 bits per heavy atom. The second-order valence-corrected chi connectivity index (χ2v) is 8.27. The zero-order valence-electron chi connectivity index (χ0n) is 18.3. The Morgan fingerprint density at radius 2 is 1.71 bits per heavy atom. The van der Waals surface area contributed by atoms with E-state index in [9.17, 15) is 0 Å². The van der Waals surface area contributed by atoms with Crippen LogP contribution in [0.1, 0.15) is 30.5 Å². The molecular formula is C26H28N4O. The van der Waals surface area contributed by atoms with E-state index in [-0.39, 0.29) is 0 Å². The average Bonchev–Trinajstić information content (AvgIpc) is 3.28. The lowest BCUT2D eigenvalue weighted by atomic mass is 9.93. The standard InChI is InChI=1S/C26H28N4O/c1-19(2)14-22-9-4-6-10-25(22)23-15-20(3)16-24(17-23)31-13-12-21-8-5-7-11-26(21)30-18-27-28-29-30/h4-11,15-19H,12-14H2,1-3H3. The van der Waals surface area contributed by atoms with Crippen LogP contribution in [0.5, 0.6) is 5.75 Å². The average molecular weight is 413 g/mol. The maximum atomic E-state index is 6.19. The number of ether oxygens (including phenoxy) is 1. The maximum Gasteiger partial charge on any atom is 0.143 e. The summed E-state index contributed by atoms with van der Waals surface area (Å²) in [5, 5.41) is 11.5. The van der Waals surface area contributed by atoms with E-state index >= 15 is 0 Å². The molecule has 3 aromatic carbocycles. The molecule has 0 bridgehead atoms. The molecule has 0 spiro atoms. The predicted molar refractivity (Wildman–Crippen MR) is 124 cm³/mol. The SMILES string of the molecule is Cc1cc(OCCc2ccccc2-n2cnnn2)cc(-c2ccccc2CC(C)C)c1. The van der Waals surface area contributed by atoms with E-state index in [1.54, 1.807) is 11.0 Å². The highest BCUT2D eigenvalue weighted by Gasteiger charge is 2.10. The van der Waals surface area contributed by atoms with Crippen molar-refractivity contribution in [3.63, 3.8) is 0 Å². The first-order valence-electron chi connectivity index (χ1n) is 10.7. The molecule has 5 nitrogen and oxygen atoms in total. The Kier molecular flexibility index (Phi) is 6.41. The monoisotopic (exact) mass is 412 g/mol. The van der Waals surface area contributed by atoms with Crippen molar-refractivity contribution in [2.45, 2.75) is 33.6 Å². The molecule has 158 valence electrons. The number of benzene rings is 3. The van der Waals surface area contributed by atoms with Gasteiger partial charge in [0.05, 0.1) is 12.3 Å². The molecule has 4 aromatic rings. The van der Waals surface area contributed by atoms with Crippen LogP contribution >= 0.6 is 0 Å². The van der Waals surface area contributed by atoms with Crippen LogP contribution in [0.2, 0.25) is 0 Å². The number of tetrazole rings is 1. The predicted octanol–water partition coefficient (Wildman–Crippen LogP) is 5.46. The first-order chi connectivity index (χ1) is 15.1. The minimum Gasteiger partial charge on any atom is -0.493 e. The number of para-hydroxylation sites is 1. The first kappa shape index (κ1) is 20.8. The Bertz CT molecular complexity index is 1140. The zero-order valence-corrected chi connectivity index (χ0v) is 18.3. The minimum atomic E-state index is 0.579. The van der Waals surface area contributed by atoms with Crippen LogP contribution in [0.25, 0.3) is 16.8 Å². The molecule has 0 aliphatic heterocycles. The molecule has 0 saturated heterocycles. The van der Waals surface area contributed by atoms with Gasteiger partial charge in [-0.1, -0.05) is 62.4 Å². The molecule has 5 heteroatoms. The Morgan fingerprint density at radius 3 is 2.48 bits per heavy atom. The fourth-order valence-electron chi connectivity index (χ4n) is 3.90. The van der Waals surface area contributed by atoms with Gasteiger partial charge in [0.2, 0.25) is 0 Å². The van der Waals surface area contributed by atoms with Crippen molar-refractivity contribution >= 4 is 0 Å². The highest BCUT2D eigenvalue weighted by atomic mass is 16.5. The van der Waals surface area contributed by atoms with E-state index in [0.717, 1.165) is 29.8 Å². The lowest BCUT2D eigenvalue weighted by Gasteiger charge is -2.15. The quantitative estimate of drug-likeness (QED) is 0.386. The molecule has 0 atom stereocenters. The van der Waals surface area contributed by atoms with Gasteiger partial charge in [-0.15, -0.1) is 5.10 Å². The van der Waals surface area contributed by atoms with E-state index < -0.39 is 0 Å². The van der Waals surface area contributed by atoms with Crippen molar-refractivity contribution in [1.29, 1.82) is 0 Å². The number of aromatic nitrogens is 4. The molecule has 1 aromatic heterocycles. The lowest BCUT2D eigenvalue weighted by molar-refractivity contribution is 0.321. The summed E-state index contributed by atoms with van der Waals surface area (Å²) in [7, 11) is 0. The van der Waals surface area contributed by atoms with Gasteiger partial charge in [-0.2, -0.15) is 0 Å². The minimum absolute atomic E-state index is 0.579. The molecule has 1 heterocycles. The van der Waals surface area contributed by atoms with E-state index in [1.807, 2.05) is 18.2 Å². The highest BCUT2D eigenvalue weighted by Crippen LogP contribution is 2.30. The second-order valence-electron chi connectivity index (χ2n) is 8.27. The molecule has 0 saturated carbocycles. The number of nitrogens with zero attached hydrogens (tertiary/aromatic N) is 4. The lowest BCUT2D eigenvalue weighted by Crippen LogP contribution is -2.06. The number of hydrogen-bond acceptors (Lipinski definition) is 4. The summed E-state index contributed by atoms with van der Waals surface area (Å²) in [5.41, 5.74) is 7.19. The molecule has 31 heavy (non-hydrogen) atoms. The molecule has 0 amide bonds. The van der Waals surface area contributed by atoms with Gasteiger partial charge in [0.15, 0.2) is 0 Å². The first-order valence-corrected chi connectivity index (χ1v) is 10.7. The Hall–Kier alpha value is -3.47. The molecular weight excluding hydrogens is 384 g/mol. The van der Waals surface area contributed by atoms with Crippen LogP contribution in [0.15, 0.2) is 73.1 Å². The molecule has 0 fully saturated rings. The molecule has 0 aliphatic rings. The zero-order chi connectivity index (χ0) is 21.6. The van der Waals surface area contributed by atoms with Crippen molar-refractivity contribution in [1.82, 2.24) is 20.2 Å². The molecule has 0 unspecified atom stereocenters. The second kappa shape index (κ2) is 9.56. The van der Waals surface area contributed by atoms with Crippen LogP contribution < -0.4 is 4.74 Å². The largest absolute Gasteiger partial charge is 0.493 e. The molecule has 4 rings (SSSR count). The van der Waals surface area contributed by atoms with Crippen LogP contribution in [0.4, 0.5) is 0 Å². The van der Waals surface area contributed by atoms with Gasteiger partial charge in [0.25, 0.3) is 0 Å². The summed E-state index contributed by atoms with van der Waals surface area (Å²) >= 11 is 0. The van der Waals surface area contributed by atoms with E-state index in [0.29, 0.717) is 12.5 Å². The van der Waals surface area contributed by atoms with Crippen molar-refractivity contribution < 1.29 is 4.74 Å². The summed E-state index contributed by atoms with van der Waals surface area (Å²) in [6.45, 7) is 7.22. The summed E-state index contributed by atoms with van der Waals surface area (Å²) in [6, 6.07) is 23.3. The highest BCUT2D eigenvalue weighted by molar-refractivity contribution is 5.69. The van der Waals surface area contributed by atoms with Crippen molar-refractivity contribution in [3.8, 4) is 22.6 Å². The summed E-state index contributed by atoms with van der Waals surface area (Å²) in [5.74, 6) is 1.51. The number of aryl methyl sites for hydroxylation is 1. The number of rotatable bonds is 8. The van der Waals surface area contributed by atoms with Gasteiger partial charge in [-0.3, -0.25) is 0 Å². The third-order valence-corrected chi connectivity index (χ3v) is 5.23. The third-order valence-electron chi connectivity index (χ3n) is 5.23. The van der Waals surface area contributed by atoms with Crippen molar-refractivity contribution in [2.75, 3.05) is 6.61 Å². The molecule has 0 aliphatic carbocycles. The van der Waals surface area contributed by atoms with Crippen LogP contribution in [0.3, 0.4) is 0 Å². The summed E-state index contributed by atoms with van der Waals surface area (Å²) in [4.78, 5) is 0.